The van der Waals surface area contributed by atoms with Crippen LogP contribution in [0, 0.1) is 0 Å². The van der Waals surface area contributed by atoms with Crippen LogP contribution in [0.25, 0.3) is 5.57 Å². The Bertz CT molecular complexity index is 854. The van der Waals surface area contributed by atoms with E-state index in [1.807, 2.05) is 0 Å². The molecule has 0 radical (unpaired) electrons. The molecule has 0 spiro atoms. The Hall–Kier alpha value is -2.77. The zero-order valence-electron chi connectivity index (χ0n) is 17.3. The Kier molecular flexibility index (Phi) is 7.70. The van der Waals surface area contributed by atoms with Gasteiger partial charge in [-0.15, -0.1) is 0 Å². The summed E-state index contributed by atoms with van der Waals surface area (Å²) >= 11 is 0. The lowest BCUT2D eigenvalue weighted by atomic mass is 9.94. The van der Waals surface area contributed by atoms with Crippen LogP contribution in [-0.2, 0) is 27.0 Å². The third-order valence-electron chi connectivity index (χ3n) is 4.91. The normalized spacial score (nSPS) is 15.1. The summed E-state index contributed by atoms with van der Waals surface area (Å²) in [4.78, 5) is 24.6. The molecular formula is C22H26F3NO4. The SMILES string of the molecule is C/C=C(OC)\C(=C/CCC(=O)O)c1ccc(C(F)(F)F)cc1CN(C(C)=O)C1CC1. The topological polar surface area (TPSA) is 66.8 Å². The molecule has 1 aromatic rings. The van der Waals surface area contributed by atoms with Crippen molar-refractivity contribution in [2.45, 2.75) is 58.3 Å². The minimum absolute atomic E-state index is 0.0351. The Morgan fingerprint density at radius 1 is 1.30 bits per heavy atom. The van der Waals surface area contributed by atoms with Crippen molar-refractivity contribution in [3.05, 3.63) is 52.8 Å². The fourth-order valence-corrected chi connectivity index (χ4v) is 3.30. The lowest BCUT2D eigenvalue weighted by Gasteiger charge is -2.24. The summed E-state index contributed by atoms with van der Waals surface area (Å²) in [7, 11) is 1.44. The highest BCUT2D eigenvalue weighted by Crippen LogP contribution is 2.36. The summed E-state index contributed by atoms with van der Waals surface area (Å²) in [5.74, 6) is -0.758. The molecule has 2 rings (SSSR count). The van der Waals surface area contributed by atoms with E-state index in [0.29, 0.717) is 22.5 Å². The number of ether oxygens (including phenoxy) is 1. The molecule has 1 N–H and O–H groups in total. The first-order chi connectivity index (χ1) is 14.1. The van der Waals surface area contributed by atoms with E-state index in [1.54, 1.807) is 24.0 Å². The molecule has 0 aromatic heterocycles. The molecule has 0 saturated heterocycles. The van der Waals surface area contributed by atoms with Crippen molar-refractivity contribution >= 4 is 17.4 Å². The first-order valence-corrected chi connectivity index (χ1v) is 9.68. The largest absolute Gasteiger partial charge is 0.496 e. The van der Waals surface area contributed by atoms with E-state index < -0.39 is 17.7 Å². The van der Waals surface area contributed by atoms with Crippen LogP contribution in [0.3, 0.4) is 0 Å². The van der Waals surface area contributed by atoms with E-state index >= 15 is 0 Å². The molecule has 1 aliphatic carbocycles. The molecule has 0 heterocycles. The minimum Gasteiger partial charge on any atom is -0.496 e. The van der Waals surface area contributed by atoms with Crippen LogP contribution >= 0.6 is 0 Å². The number of carbonyl (C=O) groups excluding carboxylic acids is 1. The highest BCUT2D eigenvalue weighted by atomic mass is 19.4. The fourth-order valence-electron chi connectivity index (χ4n) is 3.30. The van der Waals surface area contributed by atoms with Gasteiger partial charge in [-0.2, -0.15) is 13.2 Å². The summed E-state index contributed by atoms with van der Waals surface area (Å²) in [5, 5.41) is 8.93. The van der Waals surface area contributed by atoms with E-state index in [0.717, 1.165) is 25.0 Å². The average molecular weight is 425 g/mol. The third-order valence-corrected chi connectivity index (χ3v) is 4.91. The maximum absolute atomic E-state index is 13.4. The standard InChI is InChI=1S/C22H26F3NO4/c1-4-20(30-3)19(6-5-7-21(28)29)18-11-8-16(22(23,24)25)12-15(18)13-26(14(2)27)17-9-10-17/h4,6,8,11-12,17H,5,7,9-10,13H2,1-3H3,(H,28,29)/b19-6-,20-4+. The number of aliphatic carboxylic acids is 1. The number of halogens is 3. The first-order valence-electron chi connectivity index (χ1n) is 9.68. The van der Waals surface area contributed by atoms with Gasteiger partial charge in [-0.05, 0) is 55.5 Å². The predicted molar refractivity (Wildman–Crippen MR) is 106 cm³/mol. The lowest BCUT2D eigenvalue weighted by molar-refractivity contribution is -0.138. The highest BCUT2D eigenvalue weighted by Gasteiger charge is 2.34. The first kappa shape index (κ1) is 23.5. The summed E-state index contributed by atoms with van der Waals surface area (Å²) in [5.41, 5.74) is 0.522. The molecule has 0 aliphatic heterocycles. The van der Waals surface area contributed by atoms with Gasteiger partial charge in [0, 0.05) is 31.5 Å². The summed E-state index contributed by atoms with van der Waals surface area (Å²) in [6.07, 6.45) is 0.505. The number of allylic oxidation sites excluding steroid dienone is 3. The summed E-state index contributed by atoms with van der Waals surface area (Å²) < 4.78 is 45.4. The van der Waals surface area contributed by atoms with Gasteiger partial charge in [-0.3, -0.25) is 9.59 Å². The van der Waals surface area contributed by atoms with Gasteiger partial charge in [0.15, 0.2) is 0 Å². The molecule has 0 bridgehead atoms. The number of amides is 1. The van der Waals surface area contributed by atoms with Gasteiger partial charge in [0.05, 0.1) is 12.7 Å². The molecule has 1 aromatic carbocycles. The van der Waals surface area contributed by atoms with Crippen LogP contribution in [-0.4, -0.2) is 35.0 Å². The summed E-state index contributed by atoms with van der Waals surface area (Å²) in [6, 6.07) is 3.44. The maximum Gasteiger partial charge on any atom is 0.416 e. The second-order valence-corrected chi connectivity index (χ2v) is 7.16. The van der Waals surface area contributed by atoms with Crippen LogP contribution in [0.4, 0.5) is 13.2 Å². The molecule has 1 saturated carbocycles. The van der Waals surface area contributed by atoms with Gasteiger partial charge in [0.1, 0.15) is 5.76 Å². The molecule has 164 valence electrons. The zero-order chi connectivity index (χ0) is 22.5. The highest BCUT2D eigenvalue weighted by molar-refractivity contribution is 5.80. The van der Waals surface area contributed by atoms with Gasteiger partial charge in [-0.1, -0.05) is 12.1 Å². The number of hydrogen-bond acceptors (Lipinski definition) is 3. The number of hydrogen-bond donors (Lipinski definition) is 1. The van der Waals surface area contributed by atoms with E-state index in [1.165, 1.54) is 20.1 Å². The van der Waals surface area contributed by atoms with Crippen molar-refractivity contribution in [2.24, 2.45) is 0 Å². The van der Waals surface area contributed by atoms with Crippen molar-refractivity contribution in [1.29, 1.82) is 0 Å². The number of nitrogens with zero attached hydrogens (tertiary/aromatic N) is 1. The van der Waals surface area contributed by atoms with Crippen LogP contribution < -0.4 is 0 Å². The molecule has 1 aliphatic rings. The van der Waals surface area contributed by atoms with Crippen molar-refractivity contribution in [2.75, 3.05) is 7.11 Å². The minimum atomic E-state index is -4.52. The number of methoxy groups -OCH3 is 1. The third kappa shape index (κ3) is 6.11. The number of rotatable bonds is 9. The summed E-state index contributed by atoms with van der Waals surface area (Å²) in [6.45, 7) is 3.16. The number of alkyl halides is 3. The molecule has 0 unspecified atom stereocenters. The maximum atomic E-state index is 13.4. The Morgan fingerprint density at radius 3 is 2.43 bits per heavy atom. The van der Waals surface area contributed by atoms with Crippen LogP contribution in [0.15, 0.2) is 36.1 Å². The smallest absolute Gasteiger partial charge is 0.416 e. The second kappa shape index (κ2) is 9.82. The number of benzene rings is 1. The van der Waals surface area contributed by atoms with Crippen molar-refractivity contribution in [1.82, 2.24) is 4.90 Å². The average Bonchev–Trinajstić information content (AvgIpc) is 3.49. The van der Waals surface area contributed by atoms with Crippen LogP contribution in [0.2, 0.25) is 0 Å². The quantitative estimate of drug-likeness (QED) is 0.446. The predicted octanol–water partition coefficient (Wildman–Crippen LogP) is 5.01. The van der Waals surface area contributed by atoms with E-state index in [4.69, 9.17) is 9.84 Å². The molecule has 1 amide bonds. The molecule has 0 atom stereocenters. The molecular weight excluding hydrogens is 399 g/mol. The Balaban J connectivity index is 2.58. The number of carbonyl (C=O) groups is 2. The monoisotopic (exact) mass is 425 g/mol. The van der Waals surface area contributed by atoms with E-state index in [-0.39, 0.29) is 31.3 Å². The van der Waals surface area contributed by atoms with Crippen molar-refractivity contribution < 1.29 is 32.6 Å². The van der Waals surface area contributed by atoms with Gasteiger partial charge in [0.25, 0.3) is 0 Å². The lowest BCUT2D eigenvalue weighted by Crippen LogP contribution is -2.30. The second-order valence-electron chi connectivity index (χ2n) is 7.16. The van der Waals surface area contributed by atoms with Gasteiger partial charge >= 0.3 is 12.1 Å². The molecule has 1 fully saturated rings. The molecule has 5 nitrogen and oxygen atoms in total. The Labute approximate surface area is 173 Å². The van der Waals surface area contributed by atoms with E-state index in [9.17, 15) is 22.8 Å². The number of carboxylic acids is 1. The Morgan fingerprint density at radius 2 is 1.97 bits per heavy atom. The number of carboxylic acid groups (broad SMARTS) is 1. The van der Waals surface area contributed by atoms with Gasteiger partial charge in [-0.25, -0.2) is 0 Å². The molecule has 8 heteroatoms. The van der Waals surface area contributed by atoms with Gasteiger partial charge < -0.3 is 14.7 Å². The van der Waals surface area contributed by atoms with Crippen molar-refractivity contribution in [3.63, 3.8) is 0 Å². The molecule has 30 heavy (non-hydrogen) atoms. The van der Waals surface area contributed by atoms with Crippen LogP contribution in [0.5, 0.6) is 0 Å². The van der Waals surface area contributed by atoms with Crippen LogP contribution in [0.1, 0.15) is 56.2 Å². The van der Waals surface area contributed by atoms with E-state index in [2.05, 4.69) is 0 Å². The zero-order valence-corrected chi connectivity index (χ0v) is 17.3. The fraction of sp³-hybridized carbons (Fsp3) is 0.455. The van der Waals surface area contributed by atoms with Crippen molar-refractivity contribution in [3.8, 4) is 0 Å². The van der Waals surface area contributed by atoms with Gasteiger partial charge in [0.2, 0.25) is 5.91 Å².